The van der Waals surface area contributed by atoms with Crippen LogP contribution in [0.5, 0.6) is 0 Å². The van der Waals surface area contributed by atoms with Gasteiger partial charge in [0, 0.05) is 19.6 Å². The third-order valence-corrected chi connectivity index (χ3v) is 3.42. The summed E-state index contributed by atoms with van der Waals surface area (Å²) in [5.41, 5.74) is 0. The van der Waals surface area contributed by atoms with Crippen LogP contribution in [0.3, 0.4) is 0 Å². The predicted octanol–water partition coefficient (Wildman–Crippen LogP) is 2.07. The molecule has 1 rings (SSSR count). The fraction of sp³-hybridized carbons (Fsp3) is 0.846. The van der Waals surface area contributed by atoms with Crippen molar-refractivity contribution in [3.63, 3.8) is 0 Å². The van der Waals surface area contributed by atoms with E-state index in [0.717, 1.165) is 25.9 Å². The van der Waals surface area contributed by atoms with Crippen LogP contribution in [0.25, 0.3) is 0 Å². The quantitative estimate of drug-likeness (QED) is 0.809. The van der Waals surface area contributed by atoms with Gasteiger partial charge in [-0.15, -0.1) is 0 Å². The van der Waals surface area contributed by atoms with Crippen LogP contribution in [0.15, 0.2) is 0 Å². The molecule has 0 radical (unpaired) electrons. The standard InChI is InChI=1S/C13H24N2O3/c1-11(12(16)17)7-8-14-13(18)15-9-5-3-2-4-6-10-15/h11H,2-10H2,1H3,(H,14,18)(H,16,17). The highest BCUT2D eigenvalue weighted by Crippen LogP contribution is 2.10. The Morgan fingerprint density at radius 2 is 1.72 bits per heavy atom. The third kappa shape index (κ3) is 5.38. The van der Waals surface area contributed by atoms with E-state index in [0.29, 0.717) is 13.0 Å². The highest BCUT2D eigenvalue weighted by molar-refractivity contribution is 5.74. The maximum atomic E-state index is 11.9. The molecule has 1 saturated heterocycles. The van der Waals surface area contributed by atoms with Crippen molar-refractivity contribution < 1.29 is 14.7 Å². The number of urea groups is 1. The Hall–Kier alpha value is -1.26. The molecular weight excluding hydrogens is 232 g/mol. The zero-order valence-electron chi connectivity index (χ0n) is 11.2. The molecule has 1 unspecified atom stereocenters. The second-order valence-electron chi connectivity index (χ2n) is 5.01. The van der Waals surface area contributed by atoms with Crippen molar-refractivity contribution >= 4 is 12.0 Å². The molecule has 0 aromatic carbocycles. The number of nitrogens with zero attached hydrogens (tertiary/aromatic N) is 1. The van der Waals surface area contributed by atoms with Gasteiger partial charge in [0.2, 0.25) is 0 Å². The summed E-state index contributed by atoms with van der Waals surface area (Å²) in [7, 11) is 0. The van der Waals surface area contributed by atoms with Gasteiger partial charge in [-0.05, 0) is 19.3 Å². The minimum absolute atomic E-state index is 0.0468. The Morgan fingerprint density at radius 3 is 2.28 bits per heavy atom. The Balaban J connectivity index is 2.23. The van der Waals surface area contributed by atoms with E-state index in [1.54, 1.807) is 6.92 Å². The Bertz CT molecular complexity index is 273. The molecule has 18 heavy (non-hydrogen) atoms. The smallest absolute Gasteiger partial charge is 0.317 e. The Kier molecular flexibility index (Phi) is 6.54. The first kappa shape index (κ1) is 14.8. The van der Waals surface area contributed by atoms with E-state index in [-0.39, 0.29) is 6.03 Å². The fourth-order valence-corrected chi connectivity index (χ4v) is 2.08. The van der Waals surface area contributed by atoms with Crippen LogP contribution in [-0.4, -0.2) is 41.6 Å². The van der Waals surface area contributed by atoms with Crippen molar-refractivity contribution in [3.8, 4) is 0 Å². The number of carbonyl (C=O) groups is 2. The number of nitrogens with one attached hydrogen (secondary N) is 1. The lowest BCUT2D eigenvalue weighted by Gasteiger charge is -2.25. The van der Waals surface area contributed by atoms with Crippen LogP contribution in [-0.2, 0) is 4.79 Å². The van der Waals surface area contributed by atoms with Crippen molar-refractivity contribution in [2.24, 2.45) is 5.92 Å². The molecule has 0 bridgehead atoms. The lowest BCUT2D eigenvalue weighted by atomic mass is 10.1. The van der Waals surface area contributed by atoms with Gasteiger partial charge in [0.05, 0.1) is 5.92 Å². The van der Waals surface area contributed by atoms with Crippen LogP contribution in [0.2, 0.25) is 0 Å². The molecule has 2 amide bonds. The summed E-state index contributed by atoms with van der Waals surface area (Å²) in [5, 5.41) is 11.6. The lowest BCUT2D eigenvalue weighted by Crippen LogP contribution is -2.42. The number of hydrogen-bond donors (Lipinski definition) is 2. The van der Waals surface area contributed by atoms with Crippen molar-refractivity contribution in [2.45, 2.75) is 45.4 Å². The Labute approximate surface area is 109 Å². The zero-order chi connectivity index (χ0) is 13.4. The molecule has 1 fully saturated rings. The molecule has 2 N–H and O–H groups in total. The van der Waals surface area contributed by atoms with Gasteiger partial charge in [-0.2, -0.15) is 0 Å². The second kappa shape index (κ2) is 7.95. The minimum Gasteiger partial charge on any atom is -0.481 e. The molecule has 0 spiro atoms. The van der Waals surface area contributed by atoms with Crippen LogP contribution >= 0.6 is 0 Å². The highest BCUT2D eigenvalue weighted by Gasteiger charge is 2.15. The molecule has 1 atom stereocenters. The van der Waals surface area contributed by atoms with Crippen LogP contribution < -0.4 is 5.32 Å². The first-order valence-electron chi connectivity index (χ1n) is 6.87. The average molecular weight is 256 g/mol. The normalized spacial score (nSPS) is 18.6. The number of hydrogen-bond acceptors (Lipinski definition) is 2. The summed E-state index contributed by atoms with van der Waals surface area (Å²) in [4.78, 5) is 24.4. The number of aliphatic carboxylic acids is 1. The molecule has 0 saturated carbocycles. The number of amides is 2. The maximum absolute atomic E-state index is 11.9. The van der Waals surface area contributed by atoms with Crippen molar-refractivity contribution in [1.82, 2.24) is 10.2 Å². The number of carbonyl (C=O) groups excluding carboxylic acids is 1. The number of rotatable bonds is 4. The van der Waals surface area contributed by atoms with Gasteiger partial charge in [0.25, 0.3) is 0 Å². The van der Waals surface area contributed by atoms with Gasteiger partial charge < -0.3 is 15.3 Å². The van der Waals surface area contributed by atoms with E-state index in [1.807, 2.05) is 4.90 Å². The fourth-order valence-electron chi connectivity index (χ4n) is 2.08. The van der Waals surface area contributed by atoms with Crippen molar-refractivity contribution in [3.05, 3.63) is 0 Å². The maximum Gasteiger partial charge on any atom is 0.317 e. The van der Waals surface area contributed by atoms with Crippen molar-refractivity contribution in [1.29, 1.82) is 0 Å². The van der Waals surface area contributed by atoms with Gasteiger partial charge >= 0.3 is 12.0 Å². The van der Waals surface area contributed by atoms with Crippen LogP contribution in [0.4, 0.5) is 4.79 Å². The van der Waals surface area contributed by atoms with E-state index in [4.69, 9.17) is 5.11 Å². The molecule has 1 aliphatic rings. The topological polar surface area (TPSA) is 69.6 Å². The van der Waals surface area contributed by atoms with E-state index < -0.39 is 11.9 Å². The van der Waals surface area contributed by atoms with Gasteiger partial charge in [-0.25, -0.2) is 4.79 Å². The van der Waals surface area contributed by atoms with Gasteiger partial charge in [-0.1, -0.05) is 26.2 Å². The molecule has 1 aliphatic heterocycles. The zero-order valence-corrected chi connectivity index (χ0v) is 11.2. The van der Waals surface area contributed by atoms with Gasteiger partial charge in [0.1, 0.15) is 0 Å². The first-order chi connectivity index (χ1) is 8.61. The summed E-state index contributed by atoms with van der Waals surface area (Å²) < 4.78 is 0. The minimum atomic E-state index is -0.810. The molecule has 1 heterocycles. The third-order valence-electron chi connectivity index (χ3n) is 3.42. The molecule has 0 aromatic heterocycles. The number of carboxylic acids is 1. The number of likely N-dealkylation sites (tertiary alicyclic amines) is 1. The highest BCUT2D eigenvalue weighted by atomic mass is 16.4. The summed E-state index contributed by atoms with van der Waals surface area (Å²) in [6.07, 6.45) is 6.28. The lowest BCUT2D eigenvalue weighted by molar-refractivity contribution is -0.141. The Morgan fingerprint density at radius 1 is 1.17 bits per heavy atom. The van der Waals surface area contributed by atoms with E-state index in [2.05, 4.69) is 5.32 Å². The van der Waals surface area contributed by atoms with Crippen LogP contribution in [0, 0.1) is 5.92 Å². The monoisotopic (exact) mass is 256 g/mol. The number of carboxylic acid groups (broad SMARTS) is 1. The van der Waals surface area contributed by atoms with Crippen LogP contribution in [0.1, 0.15) is 45.4 Å². The molecule has 5 heteroatoms. The average Bonchev–Trinajstić information content (AvgIpc) is 2.27. The van der Waals surface area contributed by atoms with Gasteiger partial charge in [0.15, 0.2) is 0 Å². The van der Waals surface area contributed by atoms with E-state index in [1.165, 1.54) is 19.3 Å². The summed E-state index contributed by atoms with van der Waals surface area (Å²) in [6, 6.07) is -0.0468. The molecule has 5 nitrogen and oxygen atoms in total. The van der Waals surface area contributed by atoms with Gasteiger partial charge in [-0.3, -0.25) is 4.79 Å². The summed E-state index contributed by atoms with van der Waals surface area (Å²) in [5.74, 6) is -1.21. The predicted molar refractivity (Wildman–Crippen MR) is 69.5 cm³/mol. The molecule has 0 aliphatic carbocycles. The van der Waals surface area contributed by atoms with E-state index in [9.17, 15) is 9.59 Å². The van der Waals surface area contributed by atoms with Crippen molar-refractivity contribution in [2.75, 3.05) is 19.6 Å². The molecule has 0 aromatic rings. The summed E-state index contributed by atoms with van der Waals surface area (Å²) >= 11 is 0. The summed E-state index contributed by atoms with van der Waals surface area (Å²) in [6.45, 7) is 3.73. The largest absolute Gasteiger partial charge is 0.481 e. The van der Waals surface area contributed by atoms with E-state index >= 15 is 0 Å². The molecular formula is C13H24N2O3. The first-order valence-corrected chi connectivity index (χ1v) is 6.87. The SMILES string of the molecule is CC(CCNC(=O)N1CCCCCCC1)C(=O)O. The molecule has 104 valence electrons. The second-order valence-corrected chi connectivity index (χ2v) is 5.01.